The van der Waals surface area contributed by atoms with Crippen LogP contribution in [0.15, 0.2) is 17.7 Å². The maximum absolute atomic E-state index is 13.9. The number of fused-ring (bicyclic) bond motifs is 1. The maximum atomic E-state index is 13.9. The Morgan fingerprint density at radius 3 is 2.62 bits per heavy atom. The highest BCUT2D eigenvalue weighted by atomic mass is 35.5. The van der Waals surface area contributed by atoms with Crippen molar-refractivity contribution in [3.05, 3.63) is 33.3 Å². The smallest absolute Gasteiger partial charge is 0.335 e. The molecule has 3 nitrogen and oxygen atoms in total. The lowest BCUT2D eigenvalue weighted by molar-refractivity contribution is -0.138. The summed E-state index contributed by atoms with van der Waals surface area (Å²) in [6, 6.07) is 2.63. The Hall–Kier alpha value is -1.40. The zero-order valence-electron chi connectivity index (χ0n) is 10.4. The molecule has 0 amide bonds. The minimum absolute atomic E-state index is 0.0285. The molecule has 0 radical (unpaired) electrons. The lowest BCUT2D eigenvalue weighted by Crippen LogP contribution is -2.43. The van der Waals surface area contributed by atoms with Gasteiger partial charge in [-0.15, -0.1) is 0 Å². The van der Waals surface area contributed by atoms with E-state index in [1.54, 1.807) is 0 Å². The van der Waals surface area contributed by atoms with E-state index in [0.717, 1.165) is 6.08 Å². The molecule has 1 unspecified atom stereocenters. The third-order valence-electron chi connectivity index (χ3n) is 2.92. The minimum atomic E-state index is -3.68. The van der Waals surface area contributed by atoms with Gasteiger partial charge in [-0.05, 0) is 18.2 Å². The second-order valence-corrected chi connectivity index (χ2v) is 5.25. The van der Waals surface area contributed by atoms with Gasteiger partial charge in [0.2, 0.25) is 0 Å². The van der Waals surface area contributed by atoms with Gasteiger partial charge >= 0.3 is 5.97 Å². The molecule has 0 aromatic heterocycles. The molecule has 1 aromatic rings. The van der Waals surface area contributed by atoms with Crippen LogP contribution in [0.2, 0.25) is 10.0 Å². The van der Waals surface area contributed by atoms with E-state index in [2.05, 4.69) is 0 Å². The van der Waals surface area contributed by atoms with E-state index in [0.29, 0.717) is 0 Å². The molecular weight excluding hydrogens is 332 g/mol. The molecule has 1 heterocycles. The number of halogens is 5. The average molecular weight is 341 g/mol. The normalized spacial score (nSPS) is 17.8. The van der Waals surface area contributed by atoms with Crippen LogP contribution in [0.3, 0.4) is 0 Å². The van der Waals surface area contributed by atoms with Crippen molar-refractivity contribution in [3.63, 3.8) is 0 Å². The summed E-state index contributed by atoms with van der Waals surface area (Å²) in [6.45, 7) is -1.30. The number of benzene rings is 1. The van der Waals surface area contributed by atoms with Crippen LogP contribution in [0.25, 0.3) is 6.08 Å². The number of carboxylic acids is 1. The number of hydrogen-bond acceptors (Lipinski definition) is 2. The van der Waals surface area contributed by atoms with E-state index in [1.165, 1.54) is 12.1 Å². The molecule has 0 aliphatic carbocycles. The number of hydrogen-bond donors (Lipinski definition) is 1. The maximum Gasteiger partial charge on any atom is 0.335 e. The van der Waals surface area contributed by atoms with Gasteiger partial charge in [0.25, 0.3) is 5.92 Å². The zero-order valence-corrected chi connectivity index (χ0v) is 11.9. The van der Waals surface area contributed by atoms with E-state index >= 15 is 0 Å². The van der Waals surface area contributed by atoms with Crippen molar-refractivity contribution in [3.8, 4) is 5.75 Å². The topological polar surface area (TPSA) is 46.5 Å². The fourth-order valence-corrected chi connectivity index (χ4v) is 2.53. The summed E-state index contributed by atoms with van der Waals surface area (Å²) in [5, 5.41) is 9.24. The first-order valence-electron chi connectivity index (χ1n) is 5.80. The van der Waals surface area contributed by atoms with Crippen molar-refractivity contribution in [2.24, 2.45) is 0 Å². The second kappa shape index (κ2) is 5.77. The quantitative estimate of drug-likeness (QED) is 0.892. The van der Waals surface area contributed by atoms with Gasteiger partial charge in [-0.1, -0.05) is 23.2 Å². The fraction of sp³-hybridized carbons (Fsp3) is 0.308. The van der Waals surface area contributed by atoms with Crippen LogP contribution in [-0.4, -0.2) is 29.8 Å². The molecule has 0 spiro atoms. The first kappa shape index (κ1) is 16.0. The summed E-state index contributed by atoms with van der Waals surface area (Å²) in [6.07, 6.45) is -2.25. The zero-order chi connectivity index (χ0) is 15.8. The standard InChI is InChI=1S/C13H9Cl2F3O3/c14-7-3-6-4-8(12(19)20)11(13(17,18)1-2-16)21-10(6)9(15)5-7/h3-5,11H,1-2H2,(H,19,20). The molecule has 0 bridgehead atoms. The molecule has 1 atom stereocenters. The van der Waals surface area contributed by atoms with Crippen molar-refractivity contribution in [1.82, 2.24) is 0 Å². The summed E-state index contributed by atoms with van der Waals surface area (Å²) in [5.41, 5.74) is -0.503. The molecule has 0 saturated carbocycles. The molecule has 8 heteroatoms. The van der Waals surface area contributed by atoms with E-state index in [-0.39, 0.29) is 21.4 Å². The third-order valence-corrected chi connectivity index (χ3v) is 3.42. The van der Waals surface area contributed by atoms with Crippen molar-refractivity contribution in [2.75, 3.05) is 6.67 Å². The number of rotatable bonds is 4. The molecule has 0 saturated heterocycles. The second-order valence-electron chi connectivity index (χ2n) is 4.41. The molecule has 1 aliphatic heterocycles. The highest BCUT2D eigenvalue weighted by molar-refractivity contribution is 6.36. The van der Waals surface area contributed by atoms with Gasteiger partial charge in [-0.2, -0.15) is 0 Å². The Balaban J connectivity index is 2.54. The Kier molecular flexibility index (Phi) is 4.39. The molecule has 21 heavy (non-hydrogen) atoms. The predicted octanol–water partition coefficient (Wildman–Crippen LogP) is 4.22. The Morgan fingerprint density at radius 2 is 2.05 bits per heavy atom. The molecule has 1 N–H and O–H groups in total. The average Bonchev–Trinajstić information content (AvgIpc) is 2.36. The van der Waals surface area contributed by atoms with Gasteiger partial charge in [-0.3, -0.25) is 4.39 Å². The van der Waals surface area contributed by atoms with Crippen molar-refractivity contribution in [1.29, 1.82) is 0 Å². The lowest BCUT2D eigenvalue weighted by Gasteiger charge is -2.31. The Labute approximate surface area is 127 Å². The largest absolute Gasteiger partial charge is 0.478 e. The van der Waals surface area contributed by atoms with Crippen LogP contribution in [0, 0.1) is 0 Å². The van der Waals surface area contributed by atoms with Crippen molar-refractivity contribution >= 4 is 35.2 Å². The molecule has 2 rings (SSSR count). The summed E-state index contributed by atoms with van der Waals surface area (Å²) in [4.78, 5) is 11.2. The molecule has 1 aliphatic rings. The van der Waals surface area contributed by atoms with E-state index in [9.17, 15) is 18.0 Å². The summed E-state index contributed by atoms with van der Waals surface area (Å²) >= 11 is 11.6. The number of carbonyl (C=O) groups is 1. The van der Waals surface area contributed by atoms with Crippen LogP contribution in [0.5, 0.6) is 5.75 Å². The Morgan fingerprint density at radius 1 is 1.38 bits per heavy atom. The Bertz CT molecular complexity index is 617. The summed E-state index contributed by atoms with van der Waals surface area (Å²) in [7, 11) is 0. The SMILES string of the molecule is O=C(O)C1=Cc2cc(Cl)cc(Cl)c2OC1C(F)(F)CCF. The van der Waals surface area contributed by atoms with Crippen LogP contribution >= 0.6 is 23.2 Å². The minimum Gasteiger partial charge on any atom is -0.478 e. The van der Waals surface area contributed by atoms with Crippen molar-refractivity contribution < 1.29 is 27.8 Å². The van der Waals surface area contributed by atoms with E-state index < -0.39 is 36.7 Å². The van der Waals surface area contributed by atoms with E-state index in [1.807, 2.05) is 0 Å². The monoisotopic (exact) mass is 340 g/mol. The van der Waals surface area contributed by atoms with Crippen molar-refractivity contribution in [2.45, 2.75) is 18.4 Å². The number of carboxylic acid groups (broad SMARTS) is 1. The fourth-order valence-electron chi connectivity index (χ4n) is 1.98. The highest BCUT2D eigenvalue weighted by Gasteiger charge is 2.47. The molecule has 114 valence electrons. The molecular formula is C13H9Cl2F3O3. The van der Waals surface area contributed by atoms with Gasteiger partial charge in [0.05, 0.1) is 17.3 Å². The summed E-state index contributed by atoms with van der Waals surface area (Å²) in [5.74, 6) is -5.37. The number of alkyl halides is 3. The van der Waals surface area contributed by atoms with E-state index in [4.69, 9.17) is 33.0 Å². The molecule has 1 aromatic carbocycles. The lowest BCUT2D eigenvalue weighted by atomic mass is 9.96. The van der Waals surface area contributed by atoms with Gasteiger partial charge < -0.3 is 9.84 Å². The van der Waals surface area contributed by atoms with Crippen LogP contribution in [0.4, 0.5) is 13.2 Å². The van der Waals surface area contributed by atoms with Gasteiger partial charge in [0, 0.05) is 17.0 Å². The van der Waals surface area contributed by atoms with Gasteiger partial charge in [0.1, 0.15) is 5.75 Å². The van der Waals surface area contributed by atoms with Crippen LogP contribution in [0.1, 0.15) is 12.0 Å². The number of ether oxygens (including phenoxy) is 1. The summed E-state index contributed by atoms with van der Waals surface area (Å²) < 4.78 is 45.1. The molecule has 0 fully saturated rings. The third kappa shape index (κ3) is 3.11. The highest BCUT2D eigenvalue weighted by Crippen LogP contribution is 2.42. The first-order chi connectivity index (χ1) is 9.76. The van der Waals surface area contributed by atoms with Crippen LogP contribution in [-0.2, 0) is 4.79 Å². The first-order valence-corrected chi connectivity index (χ1v) is 6.56. The number of aliphatic carboxylic acids is 1. The predicted molar refractivity (Wildman–Crippen MR) is 72.0 cm³/mol. The van der Waals surface area contributed by atoms with Gasteiger partial charge in [0.15, 0.2) is 6.10 Å². The van der Waals surface area contributed by atoms with Crippen LogP contribution < -0.4 is 4.74 Å². The van der Waals surface area contributed by atoms with Gasteiger partial charge in [-0.25, -0.2) is 13.6 Å².